The average Bonchev–Trinajstić information content (AvgIpc) is 3.83. The molecule has 0 amide bonds. The first-order valence-corrected chi connectivity index (χ1v) is 19.2. The Morgan fingerprint density at radius 3 is 1.60 bits per heavy atom. The Balaban J connectivity index is 1.02. The number of fused-ring (bicyclic) bond motifs is 10. The molecule has 1 aliphatic rings. The standard InChI is InChI=1S/C51H35NS/c1-51(2)45-31-37(19-24-39(45)41-25-26-42-40-15-9-10-16-48(40)53-50(42)49(41)51)34-17-22-38(23-18-34)52-46-27-20-35(32-11-5-3-6-12-32)29-43(46)44-30-36(21-28-47(44)52)33-13-7-4-8-14-33/h3-31H,1-2H3. The van der Waals surface area contributed by atoms with Crippen molar-refractivity contribution in [3.63, 3.8) is 0 Å². The number of rotatable bonds is 4. The predicted molar refractivity (Wildman–Crippen MR) is 228 cm³/mol. The molecular formula is C51H35NS. The molecule has 1 nitrogen and oxygen atoms in total. The largest absolute Gasteiger partial charge is 0.309 e. The summed E-state index contributed by atoms with van der Waals surface area (Å²) in [5.74, 6) is 0. The molecule has 2 aromatic heterocycles. The van der Waals surface area contributed by atoms with Gasteiger partial charge in [0.2, 0.25) is 0 Å². The summed E-state index contributed by atoms with van der Waals surface area (Å²) in [5, 5.41) is 5.26. The topological polar surface area (TPSA) is 4.93 Å². The first kappa shape index (κ1) is 30.4. The fraction of sp³-hybridized carbons (Fsp3) is 0.0588. The lowest BCUT2D eigenvalue weighted by Crippen LogP contribution is -2.15. The van der Waals surface area contributed by atoms with Gasteiger partial charge in [0.15, 0.2) is 0 Å². The molecule has 10 aromatic rings. The molecule has 0 fully saturated rings. The molecule has 0 N–H and O–H groups in total. The quantitative estimate of drug-likeness (QED) is 0.173. The van der Waals surface area contributed by atoms with E-state index in [0.29, 0.717) is 0 Å². The highest BCUT2D eigenvalue weighted by Gasteiger charge is 2.38. The predicted octanol–water partition coefficient (Wildman–Crippen LogP) is 14.5. The van der Waals surface area contributed by atoms with Crippen molar-refractivity contribution in [2.24, 2.45) is 0 Å². The second kappa shape index (κ2) is 11.4. The highest BCUT2D eigenvalue weighted by molar-refractivity contribution is 7.26. The molecule has 0 unspecified atom stereocenters. The number of nitrogens with zero attached hydrogens (tertiary/aromatic N) is 1. The zero-order valence-corrected chi connectivity index (χ0v) is 30.4. The van der Waals surface area contributed by atoms with Crippen LogP contribution in [0.15, 0.2) is 176 Å². The third kappa shape index (κ3) is 4.56. The number of aromatic nitrogens is 1. The lowest BCUT2D eigenvalue weighted by molar-refractivity contribution is 0.667. The van der Waals surface area contributed by atoms with Gasteiger partial charge in [-0.25, -0.2) is 0 Å². The zero-order chi connectivity index (χ0) is 35.3. The second-order valence-corrected chi connectivity index (χ2v) is 16.0. The van der Waals surface area contributed by atoms with E-state index in [4.69, 9.17) is 0 Å². The van der Waals surface area contributed by atoms with Crippen molar-refractivity contribution in [1.82, 2.24) is 4.57 Å². The minimum absolute atomic E-state index is 0.0961. The van der Waals surface area contributed by atoms with E-state index in [2.05, 4.69) is 194 Å². The molecule has 1 aliphatic carbocycles. The zero-order valence-electron chi connectivity index (χ0n) is 29.6. The lowest BCUT2D eigenvalue weighted by atomic mass is 9.81. The van der Waals surface area contributed by atoms with Crippen LogP contribution >= 0.6 is 11.3 Å². The van der Waals surface area contributed by atoms with Crippen LogP contribution in [0.25, 0.3) is 92.2 Å². The van der Waals surface area contributed by atoms with Crippen LogP contribution in [-0.4, -0.2) is 4.57 Å². The van der Waals surface area contributed by atoms with Gasteiger partial charge in [-0.05, 0) is 104 Å². The first-order valence-electron chi connectivity index (χ1n) is 18.4. The van der Waals surface area contributed by atoms with Gasteiger partial charge in [0.05, 0.1) is 11.0 Å². The summed E-state index contributed by atoms with van der Waals surface area (Å²) in [6.45, 7) is 4.81. The Hall–Kier alpha value is -6.22. The minimum atomic E-state index is -0.0961. The molecule has 0 bridgehead atoms. The van der Waals surface area contributed by atoms with Crippen molar-refractivity contribution >= 4 is 53.3 Å². The van der Waals surface area contributed by atoms with Crippen LogP contribution in [0.1, 0.15) is 25.0 Å². The molecule has 2 heteroatoms. The van der Waals surface area contributed by atoms with Gasteiger partial charge in [0.1, 0.15) is 0 Å². The Kier molecular flexibility index (Phi) is 6.53. The summed E-state index contributed by atoms with van der Waals surface area (Å²) in [6.07, 6.45) is 0. The molecular weight excluding hydrogens is 659 g/mol. The van der Waals surface area contributed by atoms with E-state index < -0.39 is 0 Å². The van der Waals surface area contributed by atoms with E-state index in [1.807, 2.05) is 11.3 Å². The third-order valence-electron chi connectivity index (χ3n) is 11.6. The van der Waals surface area contributed by atoms with Crippen LogP contribution < -0.4 is 0 Å². The molecule has 0 spiro atoms. The summed E-state index contributed by atoms with van der Waals surface area (Å²) < 4.78 is 5.21. The Morgan fingerprint density at radius 1 is 0.415 bits per heavy atom. The van der Waals surface area contributed by atoms with Crippen LogP contribution in [0.2, 0.25) is 0 Å². The summed E-state index contributed by atoms with van der Waals surface area (Å²) in [4.78, 5) is 0. The molecule has 0 atom stereocenters. The van der Waals surface area contributed by atoms with Crippen LogP contribution in [0, 0.1) is 0 Å². The van der Waals surface area contributed by atoms with Crippen molar-refractivity contribution in [1.29, 1.82) is 0 Å². The van der Waals surface area contributed by atoms with Crippen molar-refractivity contribution in [2.75, 3.05) is 0 Å². The number of benzene rings is 8. The normalized spacial score (nSPS) is 13.2. The molecule has 0 radical (unpaired) electrons. The molecule has 8 aromatic carbocycles. The van der Waals surface area contributed by atoms with Crippen LogP contribution in [-0.2, 0) is 5.41 Å². The summed E-state index contributed by atoms with van der Waals surface area (Å²) in [7, 11) is 0. The fourth-order valence-electron chi connectivity index (χ4n) is 8.97. The van der Waals surface area contributed by atoms with Crippen molar-refractivity contribution in [3.8, 4) is 50.2 Å². The van der Waals surface area contributed by atoms with E-state index in [1.165, 1.54) is 97.6 Å². The maximum absolute atomic E-state index is 2.44. The average molecular weight is 694 g/mol. The summed E-state index contributed by atoms with van der Waals surface area (Å²) in [5.41, 5.74) is 16.5. The fourth-order valence-corrected chi connectivity index (χ4v) is 10.4. The van der Waals surface area contributed by atoms with Gasteiger partial charge in [-0.2, -0.15) is 0 Å². The molecule has 0 saturated carbocycles. The first-order chi connectivity index (χ1) is 26.0. The van der Waals surface area contributed by atoms with Crippen LogP contribution in [0.4, 0.5) is 0 Å². The van der Waals surface area contributed by atoms with Crippen molar-refractivity contribution < 1.29 is 0 Å². The van der Waals surface area contributed by atoms with Gasteiger partial charge in [-0.3, -0.25) is 0 Å². The molecule has 53 heavy (non-hydrogen) atoms. The van der Waals surface area contributed by atoms with Gasteiger partial charge in [0, 0.05) is 42.0 Å². The summed E-state index contributed by atoms with van der Waals surface area (Å²) in [6, 6.07) is 65.0. The van der Waals surface area contributed by atoms with Crippen molar-refractivity contribution in [2.45, 2.75) is 19.3 Å². The van der Waals surface area contributed by atoms with Gasteiger partial charge in [-0.1, -0.05) is 141 Å². The monoisotopic (exact) mass is 693 g/mol. The van der Waals surface area contributed by atoms with Crippen molar-refractivity contribution in [3.05, 3.63) is 187 Å². The van der Waals surface area contributed by atoms with E-state index in [-0.39, 0.29) is 5.41 Å². The number of hydrogen-bond acceptors (Lipinski definition) is 1. The highest BCUT2D eigenvalue weighted by atomic mass is 32.1. The van der Waals surface area contributed by atoms with E-state index in [1.54, 1.807) is 0 Å². The van der Waals surface area contributed by atoms with E-state index in [9.17, 15) is 0 Å². The molecule has 0 saturated heterocycles. The lowest BCUT2D eigenvalue weighted by Gasteiger charge is -2.22. The van der Waals surface area contributed by atoms with Crippen LogP contribution in [0.5, 0.6) is 0 Å². The van der Waals surface area contributed by atoms with Gasteiger partial charge in [-0.15, -0.1) is 11.3 Å². The van der Waals surface area contributed by atoms with E-state index in [0.717, 1.165) is 5.69 Å². The van der Waals surface area contributed by atoms with Gasteiger partial charge < -0.3 is 4.57 Å². The highest BCUT2D eigenvalue weighted by Crippen LogP contribution is 2.54. The van der Waals surface area contributed by atoms with Crippen LogP contribution in [0.3, 0.4) is 0 Å². The Bertz CT molecular complexity index is 2960. The Labute approximate surface area is 313 Å². The number of hydrogen-bond donors (Lipinski definition) is 0. The Morgan fingerprint density at radius 2 is 0.943 bits per heavy atom. The number of thiophene rings is 1. The molecule has 2 heterocycles. The van der Waals surface area contributed by atoms with Gasteiger partial charge >= 0.3 is 0 Å². The maximum Gasteiger partial charge on any atom is 0.0541 e. The van der Waals surface area contributed by atoms with E-state index >= 15 is 0 Å². The third-order valence-corrected chi connectivity index (χ3v) is 12.8. The SMILES string of the molecule is CC1(C)c2cc(-c3ccc(-n4c5ccc(-c6ccccc6)cc5c5cc(-c6ccccc6)ccc54)cc3)ccc2-c2ccc3c(sc4ccccc43)c21. The minimum Gasteiger partial charge on any atom is -0.309 e. The smallest absolute Gasteiger partial charge is 0.0541 e. The summed E-state index contributed by atoms with van der Waals surface area (Å²) >= 11 is 1.94. The van der Waals surface area contributed by atoms with Gasteiger partial charge in [0.25, 0.3) is 0 Å². The molecule has 0 aliphatic heterocycles. The second-order valence-electron chi connectivity index (χ2n) is 14.9. The molecule has 11 rings (SSSR count). The maximum atomic E-state index is 2.44. The molecule has 250 valence electrons.